The number of carbonyl (C=O) groups excluding carboxylic acids is 2. The zero-order chi connectivity index (χ0) is 22.5. The predicted octanol–water partition coefficient (Wildman–Crippen LogP) is 1.91. The molecule has 2 aliphatic heterocycles. The van der Waals surface area contributed by atoms with Crippen LogP contribution in [0.15, 0.2) is 48.5 Å². The van der Waals surface area contributed by atoms with Gasteiger partial charge in [-0.2, -0.15) is 0 Å². The molecular formula is C22H24N4O6. The first kappa shape index (κ1) is 21.6. The maximum Gasteiger partial charge on any atom is 0.292 e. The molecule has 1 fully saturated rings. The van der Waals surface area contributed by atoms with Crippen molar-refractivity contribution in [3.8, 4) is 11.5 Å². The number of nitro benzene ring substituents is 1. The highest BCUT2D eigenvalue weighted by atomic mass is 16.6. The number of ether oxygens (including phenoxy) is 2. The van der Waals surface area contributed by atoms with Gasteiger partial charge in [-0.25, -0.2) is 0 Å². The maximum atomic E-state index is 12.8. The Labute approximate surface area is 184 Å². The van der Waals surface area contributed by atoms with Crippen LogP contribution in [-0.4, -0.2) is 72.0 Å². The van der Waals surface area contributed by atoms with Crippen molar-refractivity contribution >= 4 is 23.2 Å². The van der Waals surface area contributed by atoms with E-state index in [1.807, 2.05) is 12.1 Å². The number of rotatable bonds is 6. The van der Waals surface area contributed by atoms with Gasteiger partial charge >= 0.3 is 0 Å². The average Bonchev–Trinajstić information content (AvgIpc) is 2.82. The molecule has 1 atom stereocenters. The molecule has 2 aliphatic rings. The summed E-state index contributed by atoms with van der Waals surface area (Å²) in [5.74, 6) is 0.818. The molecular weight excluding hydrogens is 416 g/mol. The van der Waals surface area contributed by atoms with E-state index in [-0.39, 0.29) is 36.2 Å². The molecule has 10 heteroatoms. The van der Waals surface area contributed by atoms with Gasteiger partial charge in [-0.3, -0.25) is 24.6 Å². The minimum absolute atomic E-state index is 0.103. The molecule has 1 unspecified atom stereocenters. The van der Waals surface area contributed by atoms with Gasteiger partial charge in [0, 0.05) is 45.2 Å². The van der Waals surface area contributed by atoms with E-state index < -0.39 is 11.0 Å². The predicted molar refractivity (Wildman–Crippen MR) is 116 cm³/mol. The van der Waals surface area contributed by atoms with Crippen LogP contribution < -0.4 is 14.8 Å². The molecule has 1 saturated heterocycles. The lowest BCUT2D eigenvalue weighted by molar-refractivity contribution is -0.383. The molecule has 2 aromatic rings. The van der Waals surface area contributed by atoms with Crippen LogP contribution in [0, 0.1) is 10.1 Å². The van der Waals surface area contributed by atoms with Crippen LogP contribution in [-0.2, 0) is 9.59 Å². The largest absolute Gasteiger partial charge is 0.485 e. The Hall–Kier alpha value is -3.66. The number of nitrogens with zero attached hydrogens (tertiary/aromatic N) is 3. The molecule has 0 bridgehead atoms. The van der Waals surface area contributed by atoms with Gasteiger partial charge < -0.3 is 19.7 Å². The van der Waals surface area contributed by atoms with Crippen LogP contribution in [0.1, 0.15) is 6.42 Å². The highest BCUT2D eigenvalue weighted by Crippen LogP contribution is 2.31. The molecule has 0 radical (unpaired) electrons. The van der Waals surface area contributed by atoms with Crippen LogP contribution >= 0.6 is 0 Å². The van der Waals surface area contributed by atoms with Gasteiger partial charge in [0.25, 0.3) is 11.6 Å². The summed E-state index contributed by atoms with van der Waals surface area (Å²) < 4.78 is 11.4. The number of piperazine rings is 1. The minimum atomic E-state index is -0.663. The second-order valence-corrected chi connectivity index (χ2v) is 7.60. The summed E-state index contributed by atoms with van der Waals surface area (Å²) in [6.07, 6.45) is -0.458. The van der Waals surface area contributed by atoms with Crippen LogP contribution in [0.4, 0.5) is 11.4 Å². The van der Waals surface area contributed by atoms with E-state index >= 15 is 0 Å². The number of benzene rings is 2. The highest BCUT2D eigenvalue weighted by molar-refractivity contribution is 5.93. The number of anilines is 1. The van der Waals surface area contributed by atoms with Crippen molar-refractivity contribution in [1.82, 2.24) is 9.80 Å². The Morgan fingerprint density at radius 3 is 2.47 bits per heavy atom. The summed E-state index contributed by atoms with van der Waals surface area (Å²) in [6.45, 7) is 3.02. The summed E-state index contributed by atoms with van der Waals surface area (Å²) in [4.78, 5) is 39.5. The molecule has 2 aromatic carbocycles. The van der Waals surface area contributed by atoms with E-state index in [2.05, 4.69) is 10.2 Å². The summed E-state index contributed by atoms with van der Waals surface area (Å²) >= 11 is 0. The van der Waals surface area contributed by atoms with Crippen molar-refractivity contribution in [1.29, 1.82) is 0 Å². The number of nitrogens with one attached hydrogen (secondary N) is 1. The van der Waals surface area contributed by atoms with Gasteiger partial charge in [-0.1, -0.05) is 24.3 Å². The van der Waals surface area contributed by atoms with E-state index in [9.17, 15) is 19.7 Å². The molecule has 0 aliphatic carbocycles. The lowest BCUT2D eigenvalue weighted by Gasteiger charge is -2.37. The van der Waals surface area contributed by atoms with E-state index in [0.717, 1.165) is 0 Å². The lowest BCUT2D eigenvalue weighted by Crippen LogP contribution is -2.54. The number of nitro groups is 1. The van der Waals surface area contributed by atoms with Crippen molar-refractivity contribution in [3.63, 3.8) is 0 Å². The Morgan fingerprint density at radius 2 is 1.72 bits per heavy atom. The highest BCUT2D eigenvalue weighted by Gasteiger charge is 2.32. The summed E-state index contributed by atoms with van der Waals surface area (Å²) in [7, 11) is 0. The van der Waals surface area contributed by atoms with Crippen LogP contribution in [0.5, 0.6) is 11.5 Å². The summed E-state index contributed by atoms with van der Waals surface area (Å²) in [5.41, 5.74) is 0.0544. The van der Waals surface area contributed by atoms with Gasteiger partial charge in [0.2, 0.25) is 12.0 Å². The molecule has 10 nitrogen and oxygen atoms in total. The Bertz CT molecular complexity index is 1010. The molecule has 0 aromatic heterocycles. The summed E-state index contributed by atoms with van der Waals surface area (Å²) in [6, 6.07) is 13.3. The fourth-order valence-corrected chi connectivity index (χ4v) is 3.75. The van der Waals surface area contributed by atoms with Crippen LogP contribution in [0.2, 0.25) is 0 Å². The molecule has 2 amide bonds. The number of amides is 2. The Balaban J connectivity index is 1.22. The van der Waals surface area contributed by atoms with Crippen molar-refractivity contribution in [3.05, 3.63) is 58.6 Å². The fraction of sp³-hybridized carbons (Fsp3) is 0.364. The average molecular weight is 440 g/mol. The molecule has 1 N–H and O–H groups in total. The topological polar surface area (TPSA) is 114 Å². The summed E-state index contributed by atoms with van der Waals surface area (Å²) in [5, 5.41) is 13.7. The van der Waals surface area contributed by atoms with Crippen LogP contribution in [0.25, 0.3) is 0 Å². The van der Waals surface area contributed by atoms with Crippen molar-refractivity contribution < 1.29 is 24.0 Å². The quantitative estimate of drug-likeness (QED) is 0.539. The first-order valence-corrected chi connectivity index (χ1v) is 10.4. The lowest BCUT2D eigenvalue weighted by atomic mass is 10.2. The maximum absolute atomic E-state index is 12.8. The second-order valence-electron chi connectivity index (χ2n) is 7.60. The van der Waals surface area contributed by atoms with E-state index in [4.69, 9.17) is 9.47 Å². The first-order valence-electron chi connectivity index (χ1n) is 10.4. The molecule has 168 valence electrons. The molecule has 0 saturated carbocycles. The van der Waals surface area contributed by atoms with E-state index in [1.54, 1.807) is 29.2 Å². The number of hydrogen-bond acceptors (Lipinski definition) is 7. The molecule has 32 heavy (non-hydrogen) atoms. The van der Waals surface area contributed by atoms with Gasteiger partial charge in [-0.15, -0.1) is 0 Å². The monoisotopic (exact) mass is 440 g/mol. The fourth-order valence-electron chi connectivity index (χ4n) is 3.75. The molecule has 0 spiro atoms. The third-order valence-electron chi connectivity index (χ3n) is 5.50. The van der Waals surface area contributed by atoms with Gasteiger partial charge in [-0.05, 0) is 18.2 Å². The number of para-hydroxylation sites is 4. The van der Waals surface area contributed by atoms with Gasteiger partial charge in [0.1, 0.15) is 12.3 Å². The smallest absolute Gasteiger partial charge is 0.292 e. The zero-order valence-electron chi connectivity index (χ0n) is 17.4. The third kappa shape index (κ3) is 4.97. The zero-order valence-corrected chi connectivity index (χ0v) is 17.4. The Morgan fingerprint density at radius 1 is 1.03 bits per heavy atom. The minimum Gasteiger partial charge on any atom is -0.485 e. The van der Waals surface area contributed by atoms with Gasteiger partial charge in [0.15, 0.2) is 11.5 Å². The van der Waals surface area contributed by atoms with E-state index in [1.165, 1.54) is 12.1 Å². The molecule has 4 rings (SSSR count). The normalized spacial score (nSPS) is 18.1. The SMILES string of the molecule is O=C(CCN1CCN(C(=O)C2COc3ccccc3O2)CC1)Nc1ccccc1[N+](=O)[O-]. The Kier molecular flexibility index (Phi) is 6.50. The third-order valence-corrected chi connectivity index (χ3v) is 5.50. The number of fused-ring (bicyclic) bond motifs is 1. The number of carbonyl (C=O) groups is 2. The van der Waals surface area contributed by atoms with Crippen LogP contribution in [0.3, 0.4) is 0 Å². The number of hydrogen-bond donors (Lipinski definition) is 1. The second kappa shape index (κ2) is 9.65. The molecule has 2 heterocycles. The van der Waals surface area contributed by atoms with Crippen molar-refractivity contribution in [2.45, 2.75) is 12.5 Å². The van der Waals surface area contributed by atoms with Gasteiger partial charge in [0.05, 0.1) is 4.92 Å². The standard InChI is InChI=1S/C22H24N4O6/c27-21(23-16-5-1-2-6-17(16)26(29)30)9-10-24-11-13-25(14-12-24)22(28)20-15-31-18-7-3-4-8-19(18)32-20/h1-8,20H,9-15H2,(H,23,27). The first-order chi connectivity index (χ1) is 15.5. The van der Waals surface area contributed by atoms with E-state index in [0.29, 0.717) is 44.2 Å². The van der Waals surface area contributed by atoms with Crippen molar-refractivity contribution in [2.24, 2.45) is 0 Å². The van der Waals surface area contributed by atoms with Crippen molar-refractivity contribution in [2.75, 3.05) is 44.6 Å².